The van der Waals surface area contributed by atoms with Gasteiger partial charge in [-0.15, -0.1) is 0 Å². The molecule has 0 bridgehead atoms. The third kappa shape index (κ3) is 6.46. The van der Waals surface area contributed by atoms with E-state index in [4.69, 9.17) is 10.8 Å². The Hall–Kier alpha value is -4.16. The Kier molecular flexibility index (Phi) is 7.75. The molecule has 3 aromatic carbocycles. The lowest BCUT2D eigenvalue weighted by molar-refractivity contribution is -0.137. The highest BCUT2D eigenvalue weighted by Crippen LogP contribution is 2.35. The molecule has 0 saturated heterocycles. The fraction of sp³-hybridized carbons (Fsp3) is 0.172. The summed E-state index contributed by atoms with van der Waals surface area (Å²) in [6.45, 7) is 0.817. The molecule has 1 unspecified atom stereocenters. The number of allylic oxidation sites excluding steroid dienone is 2. The zero-order chi connectivity index (χ0) is 24.6. The second kappa shape index (κ2) is 11.3. The van der Waals surface area contributed by atoms with Crippen LogP contribution in [0.3, 0.4) is 0 Å². The number of nitrogens with zero attached hydrogens (tertiary/aromatic N) is 1. The van der Waals surface area contributed by atoms with E-state index in [1.807, 2.05) is 30.3 Å². The van der Waals surface area contributed by atoms with Gasteiger partial charge in [0.25, 0.3) is 0 Å². The first-order valence-electron chi connectivity index (χ1n) is 11.6. The number of anilines is 2. The number of amides is 1. The molecule has 0 aromatic heterocycles. The molecule has 2 atom stereocenters. The van der Waals surface area contributed by atoms with E-state index in [9.17, 15) is 9.59 Å². The maximum Gasteiger partial charge on any atom is 0.303 e. The van der Waals surface area contributed by atoms with Gasteiger partial charge in [0.15, 0.2) is 0 Å². The van der Waals surface area contributed by atoms with Crippen molar-refractivity contribution in [1.29, 1.82) is 0 Å². The maximum atomic E-state index is 12.1. The third-order valence-corrected chi connectivity index (χ3v) is 5.95. The monoisotopic (exact) mass is 467 g/mol. The Morgan fingerprint density at radius 2 is 1.71 bits per heavy atom. The average Bonchev–Trinajstić information content (AvgIpc) is 2.88. The smallest absolute Gasteiger partial charge is 0.303 e. The predicted molar refractivity (Wildman–Crippen MR) is 140 cm³/mol. The van der Waals surface area contributed by atoms with Gasteiger partial charge in [-0.25, -0.2) is 0 Å². The molecular formula is C29H29N3O3. The van der Waals surface area contributed by atoms with E-state index in [1.54, 1.807) is 0 Å². The lowest BCUT2D eigenvalue weighted by Crippen LogP contribution is -2.36. The number of fused-ring (bicyclic) bond motifs is 1. The molecule has 6 nitrogen and oxygen atoms in total. The fourth-order valence-corrected chi connectivity index (χ4v) is 4.03. The van der Waals surface area contributed by atoms with Crippen LogP contribution in [0.4, 0.5) is 11.4 Å². The second-order valence-electron chi connectivity index (χ2n) is 8.55. The number of rotatable bonds is 9. The Bertz CT molecular complexity index is 1220. The van der Waals surface area contributed by atoms with Gasteiger partial charge >= 0.3 is 5.97 Å². The van der Waals surface area contributed by atoms with Crippen LogP contribution < -0.4 is 16.0 Å². The van der Waals surface area contributed by atoms with Crippen molar-refractivity contribution >= 4 is 29.3 Å². The van der Waals surface area contributed by atoms with E-state index >= 15 is 0 Å². The molecule has 4 N–H and O–H groups in total. The summed E-state index contributed by atoms with van der Waals surface area (Å²) in [7, 11) is 0. The van der Waals surface area contributed by atoms with E-state index in [0.717, 1.165) is 12.1 Å². The number of benzene rings is 3. The highest BCUT2D eigenvalue weighted by molar-refractivity contribution is 5.95. The van der Waals surface area contributed by atoms with Crippen molar-refractivity contribution in [3.05, 3.63) is 114 Å². The molecular weight excluding hydrogens is 438 g/mol. The summed E-state index contributed by atoms with van der Waals surface area (Å²) in [6, 6.07) is 25.5. The van der Waals surface area contributed by atoms with Crippen molar-refractivity contribution in [2.45, 2.75) is 31.3 Å². The Balaban J connectivity index is 1.40. The van der Waals surface area contributed by atoms with E-state index in [2.05, 4.69) is 83.2 Å². The van der Waals surface area contributed by atoms with Crippen LogP contribution in [0.5, 0.6) is 0 Å². The summed E-state index contributed by atoms with van der Waals surface area (Å²) in [4.78, 5) is 25.1. The Labute approximate surface area is 205 Å². The van der Waals surface area contributed by atoms with Crippen molar-refractivity contribution in [2.24, 2.45) is 5.73 Å². The molecule has 4 rings (SSSR count). The van der Waals surface area contributed by atoms with Gasteiger partial charge in [-0.2, -0.15) is 0 Å². The Morgan fingerprint density at radius 1 is 1.00 bits per heavy atom. The van der Waals surface area contributed by atoms with E-state index < -0.39 is 17.9 Å². The molecule has 1 heterocycles. The van der Waals surface area contributed by atoms with Gasteiger partial charge in [-0.3, -0.25) is 9.59 Å². The lowest BCUT2D eigenvalue weighted by Gasteiger charge is -2.29. The van der Waals surface area contributed by atoms with Gasteiger partial charge in [0, 0.05) is 36.5 Å². The maximum absolute atomic E-state index is 12.1. The van der Waals surface area contributed by atoms with Gasteiger partial charge in [0.05, 0.1) is 6.04 Å². The van der Waals surface area contributed by atoms with Crippen LogP contribution in [-0.2, 0) is 16.1 Å². The summed E-state index contributed by atoms with van der Waals surface area (Å²) in [5.41, 5.74) is 11.1. The standard InChI is InChI=1S/C29H29N3O3/c30-26(16-17-28(33)34)29(35)31-24-14-11-21(12-15-24)10-13-23-18-19-32(20-22-6-2-1-3-7-22)27-9-5-4-8-25(23)27/h1-15,18-19,23,26H,16-17,20,30H2,(H,31,35)(H,33,34)/b13-10+/t23?,26-/m1/s1. The number of aliphatic carboxylic acids is 1. The molecule has 0 fully saturated rings. The van der Waals surface area contributed by atoms with Crippen LogP contribution in [0.1, 0.15) is 35.4 Å². The fourth-order valence-electron chi connectivity index (χ4n) is 4.03. The molecule has 1 amide bonds. The summed E-state index contributed by atoms with van der Waals surface area (Å²) in [6.07, 6.45) is 8.56. The molecule has 1 aliphatic rings. The van der Waals surface area contributed by atoms with Crippen molar-refractivity contribution < 1.29 is 14.7 Å². The van der Waals surface area contributed by atoms with E-state index in [0.29, 0.717) is 5.69 Å². The second-order valence-corrected chi connectivity index (χ2v) is 8.55. The Morgan fingerprint density at radius 3 is 2.46 bits per heavy atom. The highest BCUT2D eigenvalue weighted by Gasteiger charge is 2.19. The molecule has 6 heteroatoms. The molecule has 178 valence electrons. The predicted octanol–water partition coefficient (Wildman–Crippen LogP) is 5.15. The van der Waals surface area contributed by atoms with Crippen LogP contribution in [0, 0.1) is 0 Å². The quantitative estimate of drug-likeness (QED) is 0.405. The highest BCUT2D eigenvalue weighted by atomic mass is 16.4. The van der Waals surface area contributed by atoms with Crippen LogP contribution in [0.2, 0.25) is 0 Å². The first-order valence-corrected chi connectivity index (χ1v) is 11.6. The number of nitrogens with two attached hydrogens (primary N) is 1. The zero-order valence-corrected chi connectivity index (χ0v) is 19.4. The van der Waals surface area contributed by atoms with E-state index in [1.165, 1.54) is 16.8 Å². The van der Waals surface area contributed by atoms with Crippen molar-refractivity contribution in [3.8, 4) is 0 Å². The van der Waals surface area contributed by atoms with Crippen LogP contribution in [0.15, 0.2) is 97.2 Å². The normalized spacial score (nSPS) is 15.6. The molecule has 0 spiro atoms. The third-order valence-electron chi connectivity index (χ3n) is 5.95. The molecule has 1 aliphatic heterocycles. The number of hydrogen-bond donors (Lipinski definition) is 3. The number of nitrogens with one attached hydrogen (secondary N) is 1. The topological polar surface area (TPSA) is 95.7 Å². The van der Waals surface area contributed by atoms with Gasteiger partial charge in [-0.1, -0.05) is 78.9 Å². The van der Waals surface area contributed by atoms with Crippen molar-refractivity contribution in [2.75, 3.05) is 10.2 Å². The molecule has 3 aromatic rings. The molecule has 0 aliphatic carbocycles. The summed E-state index contributed by atoms with van der Waals surface area (Å²) in [5.74, 6) is -1.20. The van der Waals surface area contributed by atoms with Crippen LogP contribution in [0.25, 0.3) is 6.08 Å². The number of para-hydroxylation sites is 1. The number of carbonyl (C=O) groups excluding carboxylic acids is 1. The van der Waals surface area contributed by atoms with Crippen LogP contribution >= 0.6 is 0 Å². The van der Waals surface area contributed by atoms with Gasteiger partial charge in [-0.05, 0) is 41.3 Å². The molecule has 0 radical (unpaired) electrons. The van der Waals surface area contributed by atoms with Crippen molar-refractivity contribution in [3.63, 3.8) is 0 Å². The zero-order valence-electron chi connectivity index (χ0n) is 19.4. The van der Waals surface area contributed by atoms with Crippen molar-refractivity contribution in [1.82, 2.24) is 0 Å². The number of hydrogen-bond acceptors (Lipinski definition) is 4. The minimum atomic E-state index is -0.969. The van der Waals surface area contributed by atoms with Gasteiger partial charge < -0.3 is 21.1 Å². The largest absolute Gasteiger partial charge is 0.481 e. The molecule has 35 heavy (non-hydrogen) atoms. The van der Waals surface area contributed by atoms with Crippen LogP contribution in [-0.4, -0.2) is 23.0 Å². The summed E-state index contributed by atoms with van der Waals surface area (Å²) < 4.78 is 0. The first-order chi connectivity index (χ1) is 17.0. The van der Waals surface area contributed by atoms with E-state index in [-0.39, 0.29) is 18.8 Å². The SMILES string of the molecule is N[C@H](CCC(=O)O)C(=O)Nc1ccc(/C=C/C2C=CN(Cc3ccccc3)c3ccccc32)cc1. The number of carboxylic acid groups (broad SMARTS) is 1. The summed E-state index contributed by atoms with van der Waals surface area (Å²) >= 11 is 0. The van der Waals surface area contributed by atoms with Gasteiger partial charge in [0.1, 0.15) is 0 Å². The van der Waals surface area contributed by atoms with Gasteiger partial charge in [0.2, 0.25) is 5.91 Å². The molecule has 0 saturated carbocycles. The average molecular weight is 468 g/mol. The minimum Gasteiger partial charge on any atom is -0.481 e. The minimum absolute atomic E-state index is 0.0984. The number of carboxylic acids is 1. The number of carbonyl (C=O) groups is 2. The summed E-state index contributed by atoms with van der Waals surface area (Å²) in [5, 5.41) is 11.5. The lowest BCUT2D eigenvalue weighted by atomic mass is 9.92. The first kappa shape index (κ1) is 24.0.